The molecule has 0 aliphatic heterocycles. The van der Waals surface area contributed by atoms with E-state index in [2.05, 4.69) is 25.4 Å². The predicted octanol–water partition coefficient (Wildman–Crippen LogP) is 1.04. The lowest BCUT2D eigenvalue weighted by atomic mass is 10.1. The minimum Gasteiger partial charge on any atom is -0.311 e. The van der Waals surface area contributed by atoms with E-state index in [1.807, 2.05) is 13.8 Å². The number of aromatic nitrogens is 5. The third-order valence-corrected chi connectivity index (χ3v) is 2.17. The molecule has 0 radical (unpaired) electrons. The van der Waals surface area contributed by atoms with Gasteiger partial charge in [0.05, 0.1) is 0 Å². The maximum Gasteiger partial charge on any atom is 0.225 e. The number of anilines is 1. The summed E-state index contributed by atoms with van der Waals surface area (Å²) in [7, 11) is 0. The topological polar surface area (TPSA) is 85.6 Å². The molecular formula is C11H14N6O. The molecule has 7 nitrogen and oxygen atoms in total. The summed E-state index contributed by atoms with van der Waals surface area (Å²) in [5.74, 6) is 1.26. The highest BCUT2D eigenvalue weighted by Gasteiger charge is 2.07. The van der Waals surface area contributed by atoms with Gasteiger partial charge in [-0.25, -0.2) is 19.6 Å². The Morgan fingerprint density at radius 2 is 2.22 bits per heavy atom. The fourth-order valence-corrected chi connectivity index (χ4v) is 1.43. The molecule has 0 saturated heterocycles. The van der Waals surface area contributed by atoms with Gasteiger partial charge in [0.1, 0.15) is 24.8 Å². The van der Waals surface area contributed by atoms with Crippen molar-refractivity contribution in [2.24, 2.45) is 5.92 Å². The van der Waals surface area contributed by atoms with Gasteiger partial charge in [-0.3, -0.25) is 4.79 Å². The molecule has 7 heteroatoms. The van der Waals surface area contributed by atoms with Gasteiger partial charge in [0, 0.05) is 12.5 Å². The van der Waals surface area contributed by atoms with E-state index in [0.29, 0.717) is 24.0 Å². The maximum atomic E-state index is 11.6. The van der Waals surface area contributed by atoms with Crippen LogP contribution in [0.25, 0.3) is 5.82 Å². The van der Waals surface area contributed by atoms with Gasteiger partial charge in [0.2, 0.25) is 5.91 Å². The quantitative estimate of drug-likeness (QED) is 0.871. The Labute approximate surface area is 104 Å². The van der Waals surface area contributed by atoms with Crippen LogP contribution in [0.1, 0.15) is 20.3 Å². The van der Waals surface area contributed by atoms with Gasteiger partial charge >= 0.3 is 0 Å². The van der Waals surface area contributed by atoms with Crippen molar-refractivity contribution in [2.75, 3.05) is 5.32 Å². The lowest BCUT2D eigenvalue weighted by Crippen LogP contribution is -2.15. The molecule has 0 saturated carbocycles. The fourth-order valence-electron chi connectivity index (χ4n) is 1.43. The Bertz CT molecular complexity index is 522. The first kappa shape index (κ1) is 12.2. The van der Waals surface area contributed by atoms with Crippen LogP contribution in [-0.2, 0) is 4.79 Å². The molecule has 0 aliphatic rings. The molecule has 2 aromatic heterocycles. The number of carbonyl (C=O) groups excluding carboxylic acids is 1. The number of nitrogens with one attached hydrogen (secondary N) is 1. The minimum absolute atomic E-state index is 0.0618. The first-order chi connectivity index (χ1) is 8.65. The van der Waals surface area contributed by atoms with E-state index in [1.165, 1.54) is 23.7 Å². The highest BCUT2D eigenvalue weighted by atomic mass is 16.1. The van der Waals surface area contributed by atoms with Crippen LogP contribution in [0.3, 0.4) is 0 Å². The smallest absolute Gasteiger partial charge is 0.225 e. The average Bonchev–Trinajstić information content (AvgIpc) is 2.81. The summed E-state index contributed by atoms with van der Waals surface area (Å²) in [5.41, 5.74) is 0. The Balaban J connectivity index is 2.11. The minimum atomic E-state index is -0.0618. The molecule has 94 valence electrons. The Kier molecular flexibility index (Phi) is 3.61. The van der Waals surface area contributed by atoms with Crippen molar-refractivity contribution >= 4 is 11.7 Å². The molecule has 1 amide bonds. The molecule has 1 N–H and O–H groups in total. The van der Waals surface area contributed by atoms with Crippen LogP contribution in [-0.4, -0.2) is 30.6 Å². The van der Waals surface area contributed by atoms with Crippen LogP contribution in [0.5, 0.6) is 0 Å². The van der Waals surface area contributed by atoms with Crippen molar-refractivity contribution in [3.05, 3.63) is 25.0 Å². The van der Waals surface area contributed by atoms with Gasteiger partial charge in [0.25, 0.3) is 0 Å². The highest BCUT2D eigenvalue weighted by Crippen LogP contribution is 2.09. The van der Waals surface area contributed by atoms with Crippen LogP contribution in [0.4, 0.5) is 5.82 Å². The number of carbonyl (C=O) groups is 1. The summed E-state index contributed by atoms with van der Waals surface area (Å²) in [6.45, 7) is 3.97. The van der Waals surface area contributed by atoms with Gasteiger partial charge in [-0.2, -0.15) is 5.10 Å². The van der Waals surface area contributed by atoms with E-state index < -0.39 is 0 Å². The predicted molar refractivity (Wildman–Crippen MR) is 65.0 cm³/mol. The summed E-state index contributed by atoms with van der Waals surface area (Å²) in [4.78, 5) is 23.5. The van der Waals surface area contributed by atoms with Crippen molar-refractivity contribution in [3.8, 4) is 5.82 Å². The molecule has 0 unspecified atom stereocenters. The van der Waals surface area contributed by atoms with E-state index in [-0.39, 0.29) is 5.91 Å². The first-order valence-corrected chi connectivity index (χ1v) is 5.62. The second-order valence-electron chi connectivity index (χ2n) is 4.25. The van der Waals surface area contributed by atoms with E-state index in [1.54, 1.807) is 6.07 Å². The van der Waals surface area contributed by atoms with Gasteiger partial charge in [-0.15, -0.1) is 0 Å². The van der Waals surface area contributed by atoms with Gasteiger partial charge in [-0.05, 0) is 5.92 Å². The Hall–Kier alpha value is -2.31. The van der Waals surface area contributed by atoms with Crippen LogP contribution < -0.4 is 5.32 Å². The molecule has 0 atom stereocenters. The van der Waals surface area contributed by atoms with Gasteiger partial charge in [-0.1, -0.05) is 13.8 Å². The normalized spacial score (nSPS) is 10.6. The zero-order chi connectivity index (χ0) is 13.0. The zero-order valence-electron chi connectivity index (χ0n) is 10.2. The average molecular weight is 246 g/mol. The van der Waals surface area contributed by atoms with Gasteiger partial charge < -0.3 is 5.32 Å². The lowest BCUT2D eigenvalue weighted by Gasteiger charge is -2.07. The number of nitrogens with zero attached hydrogens (tertiary/aromatic N) is 5. The molecule has 0 fully saturated rings. The largest absolute Gasteiger partial charge is 0.311 e. The number of rotatable bonds is 4. The van der Waals surface area contributed by atoms with Crippen molar-refractivity contribution in [1.82, 2.24) is 24.7 Å². The first-order valence-electron chi connectivity index (χ1n) is 5.62. The van der Waals surface area contributed by atoms with Crippen molar-refractivity contribution in [1.29, 1.82) is 0 Å². The second-order valence-corrected chi connectivity index (χ2v) is 4.25. The molecular weight excluding hydrogens is 232 g/mol. The molecule has 2 aromatic rings. The van der Waals surface area contributed by atoms with E-state index >= 15 is 0 Å². The summed E-state index contributed by atoms with van der Waals surface area (Å²) >= 11 is 0. The number of hydrogen-bond acceptors (Lipinski definition) is 5. The molecule has 2 rings (SSSR count). The van der Waals surface area contributed by atoms with E-state index in [9.17, 15) is 4.79 Å². The maximum absolute atomic E-state index is 11.6. The Morgan fingerprint density at radius 3 is 2.89 bits per heavy atom. The standard InChI is InChI=1S/C11H14N6O/c1-8(2)3-11(18)16-9-4-10(14-6-13-9)17-7-12-5-15-17/h4-8H,3H2,1-2H3,(H,13,14,16,18). The fraction of sp³-hybridized carbons (Fsp3) is 0.364. The van der Waals surface area contributed by atoms with Crippen molar-refractivity contribution < 1.29 is 4.79 Å². The third kappa shape index (κ3) is 3.09. The molecule has 0 spiro atoms. The van der Waals surface area contributed by atoms with Crippen LogP contribution in [0.2, 0.25) is 0 Å². The van der Waals surface area contributed by atoms with Crippen molar-refractivity contribution in [2.45, 2.75) is 20.3 Å². The van der Waals surface area contributed by atoms with Crippen LogP contribution in [0.15, 0.2) is 25.0 Å². The monoisotopic (exact) mass is 246 g/mol. The van der Waals surface area contributed by atoms with E-state index in [0.717, 1.165) is 0 Å². The highest BCUT2D eigenvalue weighted by molar-refractivity contribution is 5.89. The van der Waals surface area contributed by atoms with E-state index in [4.69, 9.17) is 0 Å². The SMILES string of the molecule is CC(C)CC(=O)Nc1cc(-n2cncn2)ncn1. The molecule has 0 bridgehead atoms. The summed E-state index contributed by atoms with van der Waals surface area (Å²) in [6, 6.07) is 1.65. The summed E-state index contributed by atoms with van der Waals surface area (Å²) < 4.78 is 1.50. The van der Waals surface area contributed by atoms with Gasteiger partial charge in [0.15, 0.2) is 5.82 Å². The molecule has 2 heterocycles. The van der Waals surface area contributed by atoms with Crippen LogP contribution >= 0.6 is 0 Å². The molecule has 0 aliphatic carbocycles. The van der Waals surface area contributed by atoms with Crippen molar-refractivity contribution in [3.63, 3.8) is 0 Å². The Morgan fingerprint density at radius 1 is 1.39 bits per heavy atom. The lowest BCUT2D eigenvalue weighted by molar-refractivity contribution is -0.116. The molecule has 18 heavy (non-hydrogen) atoms. The molecule has 0 aromatic carbocycles. The van der Waals surface area contributed by atoms with Crippen LogP contribution in [0, 0.1) is 5.92 Å². The summed E-state index contributed by atoms with van der Waals surface area (Å²) in [5, 5.41) is 6.68. The zero-order valence-corrected chi connectivity index (χ0v) is 10.2. The second kappa shape index (κ2) is 5.35. The number of hydrogen-bond donors (Lipinski definition) is 1. The number of amides is 1. The summed E-state index contributed by atoms with van der Waals surface area (Å²) in [6.07, 6.45) is 4.78. The third-order valence-electron chi connectivity index (χ3n) is 2.17.